The van der Waals surface area contributed by atoms with Crippen LogP contribution in [0.4, 0.5) is 15.6 Å². The Morgan fingerprint density at radius 3 is 3.08 bits per heavy atom. The first-order valence-corrected chi connectivity index (χ1v) is 9.14. The Hall–Kier alpha value is -3.00. The van der Waals surface area contributed by atoms with Crippen LogP contribution in [0.3, 0.4) is 0 Å². The monoisotopic (exact) mass is 367 g/mol. The van der Waals surface area contributed by atoms with Crippen molar-refractivity contribution in [3.8, 4) is 0 Å². The number of hydrogen-bond acceptors (Lipinski definition) is 5. The molecule has 3 aromatic rings. The van der Waals surface area contributed by atoms with Crippen molar-refractivity contribution in [2.45, 2.75) is 13.3 Å². The van der Waals surface area contributed by atoms with Gasteiger partial charge in [0.1, 0.15) is 0 Å². The molecular weight excluding hydrogens is 350 g/mol. The third-order valence-electron chi connectivity index (χ3n) is 4.21. The number of pyridine rings is 1. The van der Waals surface area contributed by atoms with Gasteiger partial charge in [0.05, 0.1) is 23.3 Å². The number of nitrogens with one attached hydrogen (secondary N) is 2. The summed E-state index contributed by atoms with van der Waals surface area (Å²) in [5.41, 5.74) is 3.32. The molecule has 1 fully saturated rings. The third-order valence-corrected chi connectivity index (χ3v) is 5.13. The molecule has 2 N–H and O–H groups in total. The topological polar surface area (TPSA) is 87.2 Å². The maximum Gasteiger partial charge on any atom is 0.323 e. The predicted octanol–water partition coefficient (Wildman–Crippen LogP) is 2.71. The fourth-order valence-corrected chi connectivity index (χ4v) is 3.79. The van der Waals surface area contributed by atoms with Crippen LogP contribution < -0.4 is 15.5 Å². The molecule has 3 amide bonds. The summed E-state index contributed by atoms with van der Waals surface area (Å²) in [6, 6.07) is 7.48. The Morgan fingerprint density at radius 2 is 2.27 bits per heavy atom. The van der Waals surface area contributed by atoms with Crippen LogP contribution in [0.1, 0.15) is 11.3 Å². The summed E-state index contributed by atoms with van der Waals surface area (Å²) in [6.07, 6.45) is 1.90. The summed E-state index contributed by atoms with van der Waals surface area (Å²) in [4.78, 5) is 34.5. The lowest BCUT2D eigenvalue weighted by Gasteiger charge is -2.10. The van der Waals surface area contributed by atoms with Gasteiger partial charge >= 0.3 is 6.03 Å². The summed E-state index contributed by atoms with van der Waals surface area (Å²) in [5.74, 6) is -0.151. The van der Waals surface area contributed by atoms with Gasteiger partial charge in [0, 0.05) is 30.1 Å². The smallest absolute Gasteiger partial charge is 0.323 e. The maximum absolute atomic E-state index is 12.4. The minimum absolute atomic E-state index is 0.144. The molecule has 0 atom stereocenters. The third kappa shape index (κ3) is 3.11. The van der Waals surface area contributed by atoms with Crippen molar-refractivity contribution in [3.63, 3.8) is 0 Å². The van der Waals surface area contributed by atoms with E-state index in [1.165, 1.54) is 11.3 Å². The molecule has 8 heteroatoms. The van der Waals surface area contributed by atoms with E-state index in [2.05, 4.69) is 20.6 Å². The first kappa shape index (κ1) is 16.5. The Balaban J connectivity index is 1.49. The van der Waals surface area contributed by atoms with Crippen molar-refractivity contribution in [2.24, 2.45) is 0 Å². The van der Waals surface area contributed by atoms with Crippen molar-refractivity contribution in [1.29, 1.82) is 0 Å². The van der Waals surface area contributed by atoms with Crippen molar-refractivity contribution in [3.05, 3.63) is 47.1 Å². The molecule has 1 saturated heterocycles. The van der Waals surface area contributed by atoms with Gasteiger partial charge in [0.25, 0.3) is 0 Å². The average Bonchev–Trinajstić information content (AvgIpc) is 3.26. The zero-order chi connectivity index (χ0) is 18.1. The summed E-state index contributed by atoms with van der Waals surface area (Å²) < 4.78 is 0. The molecule has 7 nitrogen and oxygen atoms in total. The first-order chi connectivity index (χ1) is 12.6. The minimum atomic E-state index is -0.151. The van der Waals surface area contributed by atoms with Gasteiger partial charge in [-0.2, -0.15) is 0 Å². The fourth-order valence-electron chi connectivity index (χ4n) is 2.94. The van der Waals surface area contributed by atoms with E-state index >= 15 is 0 Å². The van der Waals surface area contributed by atoms with Gasteiger partial charge in [0.2, 0.25) is 5.91 Å². The molecule has 1 aliphatic rings. The molecule has 4 rings (SSSR count). The molecule has 1 aliphatic heterocycles. The number of rotatable bonds is 4. The minimum Gasteiger partial charge on any atom is -0.336 e. The number of aromatic nitrogens is 2. The molecule has 0 spiro atoms. The highest BCUT2D eigenvalue weighted by Crippen LogP contribution is 2.25. The summed E-state index contributed by atoms with van der Waals surface area (Å²) >= 11 is 1.37. The lowest BCUT2D eigenvalue weighted by molar-refractivity contribution is -0.115. The van der Waals surface area contributed by atoms with Gasteiger partial charge in [-0.05, 0) is 30.7 Å². The predicted molar refractivity (Wildman–Crippen MR) is 102 cm³/mol. The number of thiazole rings is 1. The van der Waals surface area contributed by atoms with E-state index in [1.54, 1.807) is 11.1 Å². The number of carbonyl (C=O) groups is 2. The van der Waals surface area contributed by atoms with Crippen LogP contribution >= 0.6 is 11.3 Å². The van der Waals surface area contributed by atoms with Crippen LogP contribution in [0.15, 0.2) is 35.8 Å². The summed E-state index contributed by atoms with van der Waals surface area (Å²) in [7, 11) is 0. The SMILES string of the molecule is Cc1ccc(NC(=O)Cc2csc(N3CCNC3=O)n2)c2cccnc12. The van der Waals surface area contributed by atoms with Crippen LogP contribution in [0, 0.1) is 6.92 Å². The number of benzene rings is 1. The van der Waals surface area contributed by atoms with E-state index < -0.39 is 0 Å². The molecule has 132 valence electrons. The van der Waals surface area contributed by atoms with Gasteiger partial charge in [-0.3, -0.25) is 14.7 Å². The number of carbonyl (C=O) groups excluding carboxylic acids is 2. The fraction of sp³-hybridized carbons (Fsp3) is 0.222. The highest BCUT2D eigenvalue weighted by atomic mass is 32.1. The molecule has 0 unspecified atom stereocenters. The molecular formula is C18H17N5O2S. The maximum atomic E-state index is 12.4. The second-order valence-corrected chi connectivity index (χ2v) is 6.90. The molecule has 0 radical (unpaired) electrons. The number of urea groups is 1. The quantitative estimate of drug-likeness (QED) is 0.742. The van der Waals surface area contributed by atoms with E-state index in [-0.39, 0.29) is 18.4 Å². The summed E-state index contributed by atoms with van der Waals surface area (Å²) in [5, 5.41) is 9.03. The Kier molecular flexibility index (Phi) is 4.26. The molecule has 2 aromatic heterocycles. The van der Waals surface area contributed by atoms with E-state index in [4.69, 9.17) is 0 Å². The van der Waals surface area contributed by atoms with Crippen molar-refractivity contribution >= 4 is 45.0 Å². The van der Waals surface area contributed by atoms with E-state index in [0.717, 1.165) is 22.2 Å². The standard InChI is InChI=1S/C18H17N5O2S/c1-11-4-5-14(13-3-2-6-19-16(11)13)22-15(24)9-12-10-26-18(21-12)23-8-7-20-17(23)25/h2-6,10H,7-9H2,1H3,(H,20,25)(H,22,24). The lowest BCUT2D eigenvalue weighted by atomic mass is 10.1. The number of nitrogens with zero attached hydrogens (tertiary/aromatic N) is 3. The van der Waals surface area contributed by atoms with Gasteiger partial charge in [-0.1, -0.05) is 6.07 Å². The van der Waals surface area contributed by atoms with Crippen molar-refractivity contribution in [1.82, 2.24) is 15.3 Å². The second kappa shape index (κ2) is 6.72. The highest BCUT2D eigenvalue weighted by molar-refractivity contribution is 7.14. The van der Waals surface area contributed by atoms with Crippen LogP contribution in [-0.4, -0.2) is 35.0 Å². The van der Waals surface area contributed by atoms with Crippen molar-refractivity contribution in [2.75, 3.05) is 23.3 Å². The molecule has 26 heavy (non-hydrogen) atoms. The van der Waals surface area contributed by atoms with Crippen LogP contribution in [0.5, 0.6) is 0 Å². The lowest BCUT2D eigenvalue weighted by Crippen LogP contribution is -2.27. The molecule has 0 aliphatic carbocycles. The van der Waals surface area contributed by atoms with E-state index in [1.807, 2.05) is 36.6 Å². The Bertz CT molecular complexity index is 1000. The second-order valence-electron chi connectivity index (χ2n) is 6.06. The molecule has 3 heterocycles. The van der Waals surface area contributed by atoms with Gasteiger partial charge < -0.3 is 10.6 Å². The number of aryl methyl sites for hydroxylation is 1. The van der Waals surface area contributed by atoms with Gasteiger partial charge in [-0.25, -0.2) is 9.78 Å². The zero-order valence-corrected chi connectivity index (χ0v) is 15.0. The Morgan fingerprint density at radius 1 is 1.38 bits per heavy atom. The number of fused-ring (bicyclic) bond motifs is 1. The largest absolute Gasteiger partial charge is 0.336 e. The normalized spacial score (nSPS) is 13.9. The van der Waals surface area contributed by atoms with E-state index in [0.29, 0.717) is 23.9 Å². The number of anilines is 2. The van der Waals surface area contributed by atoms with Gasteiger partial charge in [-0.15, -0.1) is 11.3 Å². The average molecular weight is 367 g/mol. The zero-order valence-electron chi connectivity index (χ0n) is 14.2. The molecule has 0 bridgehead atoms. The first-order valence-electron chi connectivity index (χ1n) is 8.26. The molecule has 1 aromatic carbocycles. The molecule has 0 saturated carbocycles. The van der Waals surface area contributed by atoms with E-state index in [9.17, 15) is 9.59 Å². The van der Waals surface area contributed by atoms with Crippen LogP contribution in [0.25, 0.3) is 10.9 Å². The summed E-state index contributed by atoms with van der Waals surface area (Å²) in [6.45, 7) is 3.20. The van der Waals surface area contributed by atoms with Crippen LogP contribution in [-0.2, 0) is 11.2 Å². The number of hydrogen-bond donors (Lipinski definition) is 2. The van der Waals surface area contributed by atoms with Crippen LogP contribution in [0.2, 0.25) is 0 Å². The number of amides is 3. The Labute approximate surface area is 154 Å². The van der Waals surface area contributed by atoms with Crippen molar-refractivity contribution < 1.29 is 9.59 Å². The highest BCUT2D eigenvalue weighted by Gasteiger charge is 2.24. The van der Waals surface area contributed by atoms with Gasteiger partial charge in [0.15, 0.2) is 5.13 Å².